The Morgan fingerprint density at radius 1 is 1.29 bits per heavy atom. The van der Waals surface area contributed by atoms with E-state index in [9.17, 15) is 19.3 Å². The van der Waals surface area contributed by atoms with Crippen LogP contribution in [0.3, 0.4) is 0 Å². The lowest BCUT2D eigenvalue weighted by atomic mass is 10.2. The first-order valence-corrected chi connectivity index (χ1v) is 6.32. The molecule has 0 unspecified atom stereocenters. The maximum Gasteiger partial charge on any atom is 0.338 e. The predicted octanol–water partition coefficient (Wildman–Crippen LogP) is 3.99. The third kappa shape index (κ3) is 3.34. The first-order valence-electron chi connectivity index (χ1n) is 5.53. The van der Waals surface area contributed by atoms with Crippen molar-refractivity contribution in [1.82, 2.24) is 0 Å². The average Bonchev–Trinajstić information content (AvgIpc) is 2.37. The van der Waals surface area contributed by atoms with Gasteiger partial charge in [-0.1, -0.05) is 15.9 Å². The number of halogens is 2. The second-order valence-electron chi connectivity index (χ2n) is 3.92. The number of carbonyl (C=O) groups is 1. The van der Waals surface area contributed by atoms with Crippen LogP contribution in [0, 0.1) is 15.9 Å². The quantitative estimate of drug-likeness (QED) is 0.661. The third-order valence-electron chi connectivity index (χ3n) is 2.52. The van der Waals surface area contributed by atoms with Gasteiger partial charge in [0.25, 0.3) is 0 Å². The molecule has 2 rings (SSSR count). The van der Waals surface area contributed by atoms with E-state index in [1.54, 1.807) is 0 Å². The van der Waals surface area contributed by atoms with Gasteiger partial charge in [-0.2, -0.15) is 0 Å². The van der Waals surface area contributed by atoms with E-state index in [0.29, 0.717) is 4.47 Å². The van der Waals surface area contributed by atoms with Crippen LogP contribution in [-0.4, -0.2) is 16.0 Å². The van der Waals surface area contributed by atoms with E-state index in [-0.39, 0.29) is 17.2 Å². The van der Waals surface area contributed by atoms with Gasteiger partial charge in [-0.25, -0.2) is 9.18 Å². The zero-order chi connectivity index (χ0) is 15.6. The average molecular weight is 356 g/mol. The molecule has 1 N–H and O–H groups in total. The number of nitro groups is 1. The molecule has 2 aromatic carbocycles. The van der Waals surface area contributed by atoms with Gasteiger partial charge in [0.2, 0.25) is 5.75 Å². The van der Waals surface area contributed by atoms with E-state index in [1.807, 2.05) is 0 Å². The molecule has 0 spiro atoms. The molecule has 0 saturated carbocycles. The lowest BCUT2D eigenvalue weighted by Gasteiger charge is -2.07. The summed E-state index contributed by atoms with van der Waals surface area (Å²) in [6, 6.07) is 7.17. The Bertz CT molecular complexity index is 734. The largest absolute Gasteiger partial charge is 0.478 e. The van der Waals surface area contributed by atoms with Crippen LogP contribution < -0.4 is 4.74 Å². The summed E-state index contributed by atoms with van der Waals surface area (Å²) < 4.78 is 19.3. The number of benzene rings is 2. The van der Waals surface area contributed by atoms with Crippen molar-refractivity contribution in [2.24, 2.45) is 0 Å². The molecule has 21 heavy (non-hydrogen) atoms. The fourth-order valence-corrected chi connectivity index (χ4v) is 1.92. The number of rotatable bonds is 4. The van der Waals surface area contributed by atoms with Gasteiger partial charge in [0, 0.05) is 22.7 Å². The molecule has 8 heteroatoms. The van der Waals surface area contributed by atoms with Crippen LogP contribution in [0.1, 0.15) is 10.4 Å². The fourth-order valence-electron chi connectivity index (χ4n) is 1.58. The highest BCUT2D eigenvalue weighted by Crippen LogP contribution is 2.34. The summed E-state index contributed by atoms with van der Waals surface area (Å²) in [5, 5.41) is 19.6. The van der Waals surface area contributed by atoms with Crippen LogP contribution in [0.15, 0.2) is 40.9 Å². The van der Waals surface area contributed by atoms with Crippen LogP contribution in [0.2, 0.25) is 0 Å². The molecule has 0 amide bonds. The molecular weight excluding hydrogens is 349 g/mol. The first kappa shape index (κ1) is 14.9. The van der Waals surface area contributed by atoms with E-state index in [1.165, 1.54) is 24.3 Å². The first-order chi connectivity index (χ1) is 9.88. The van der Waals surface area contributed by atoms with Crippen LogP contribution in [0.25, 0.3) is 0 Å². The highest BCUT2D eigenvalue weighted by atomic mass is 79.9. The Hall–Kier alpha value is -2.48. The zero-order valence-corrected chi connectivity index (χ0v) is 11.8. The maximum absolute atomic E-state index is 13.5. The van der Waals surface area contributed by atoms with Crippen molar-refractivity contribution in [2.45, 2.75) is 0 Å². The summed E-state index contributed by atoms with van der Waals surface area (Å²) in [4.78, 5) is 21.0. The van der Waals surface area contributed by atoms with Gasteiger partial charge in [-0.15, -0.1) is 0 Å². The smallest absolute Gasteiger partial charge is 0.338 e. The van der Waals surface area contributed by atoms with Crippen LogP contribution in [-0.2, 0) is 0 Å². The topological polar surface area (TPSA) is 89.7 Å². The van der Waals surface area contributed by atoms with Crippen molar-refractivity contribution < 1.29 is 24.0 Å². The Morgan fingerprint density at radius 3 is 2.57 bits per heavy atom. The van der Waals surface area contributed by atoms with Gasteiger partial charge < -0.3 is 9.84 Å². The van der Waals surface area contributed by atoms with Crippen LogP contribution in [0.5, 0.6) is 11.5 Å². The standard InChI is InChI=1S/C13H7BrFNO5/c14-7-1-4-11(16(19)20)12(5-7)21-8-2-3-9(13(17)18)10(15)6-8/h1-6H,(H,17,18). The molecule has 0 atom stereocenters. The number of nitro benzene ring substituents is 1. The van der Waals surface area contributed by atoms with Gasteiger partial charge in [0.05, 0.1) is 10.5 Å². The van der Waals surface area contributed by atoms with Gasteiger partial charge in [0.1, 0.15) is 11.6 Å². The summed E-state index contributed by atoms with van der Waals surface area (Å²) in [5.41, 5.74) is -0.799. The van der Waals surface area contributed by atoms with Crippen molar-refractivity contribution >= 4 is 27.6 Å². The van der Waals surface area contributed by atoms with Crippen molar-refractivity contribution in [3.63, 3.8) is 0 Å². The number of carboxylic acids is 1. The Morgan fingerprint density at radius 2 is 2.00 bits per heavy atom. The van der Waals surface area contributed by atoms with Crippen LogP contribution >= 0.6 is 15.9 Å². The molecule has 108 valence electrons. The summed E-state index contributed by atoms with van der Waals surface area (Å²) in [7, 11) is 0. The molecule has 0 radical (unpaired) electrons. The molecule has 0 aliphatic heterocycles. The van der Waals surface area contributed by atoms with E-state index >= 15 is 0 Å². The molecule has 0 fully saturated rings. The monoisotopic (exact) mass is 355 g/mol. The zero-order valence-electron chi connectivity index (χ0n) is 10.2. The second-order valence-corrected chi connectivity index (χ2v) is 4.83. The fraction of sp³-hybridized carbons (Fsp3) is 0. The highest BCUT2D eigenvalue weighted by Gasteiger charge is 2.17. The van der Waals surface area contributed by atoms with Gasteiger partial charge in [-0.3, -0.25) is 10.1 Å². The molecule has 0 bridgehead atoms. The van der Waals surface area contributed by atoms with E-state index in [0.717, 1.165) is 12.1 Å². The summed E-state index contributed by atoms with van der Waals surface area (Å²) in [6.45, 7) is 0. The Labute approximate surface area is 126 Å². The normalized spacial score (nSPS) is 10.2. The number of carboxylic acid groups (broad SMARTS) is 1. The summed E-state index contributed by atoms with van der Waals surface area (Å²) in [6.07, 6.45) is 0. The van der Waals surface area contributed by atoms with Crippen molar-refractivity contribution in [2.75, 3.05) is 0 Å². The molecule has 6 nitrogen and oxygen atoms in total. The molecular formula is C13H7BrFNO5. The lowest BCUT2D eigenvalue weighted by Crippen LogP contribution is -2.00. The van der Waals surface area contributed by atoms with Crippen molar-refractivity contribution in [1.29, 1.82) is 0 Å². The van der Waals surface area contributed by atoms with E-state index in [4.69, 9.17) is 9.84 Å². The number of hydrogen-bond donors (Lipinski definition) is 1. The predicted molar refractivity (Wildman–Crippen MR) is 74.2 cm³/mol. The molecule has 0 aliphatic rings. The molecule has 0 saturated heterocycles. The number of nitrogens with zero attached hydrogens (tertiary/aromatic N) is 1. The SMILES string of the molecule is O=C(O)c1ccc(Oc2cc(Br)ccc2[N+](=O)[O-])cc1F. The third-order valence-corrected chi connectivity index (χ3v) is 3.01. The molecule has 0 aliphatic carbocycles. The van der Waals surface area contributed by atoms with Gasteiger partial charge in [0.15, 0.2) is 0 Å². The number of hydrogen-bond acceptors (Lipinski definition) is 4. The number of aromatic carboxylic acids is 1. The number of ether oxygens (including phenoxy) is 1. The summed E-state index contributed by atoms with van der Waals surface area (Å²) >= 11 is 3.15. The van der Waals surface area contributed by atoms with Crippen molar-refractivity contribution in [3.05, 3.63) is 62.4 Å². The molecule has 0 heterocycles. The van der Waals surface area contributed by atoms with E-state index in [2.05, 4.69) is 15.9 Å². The Balaban J connectivity index is 2.38. The minimum absolute atomic E-state index is 0.0429. The maximum atomic E-state index is 13.5. The summed E-state index contributed by atoms with van der Waals surface area (Å²) in [5.74, 6) is -2.53. The molecule has 2 aromatic rings. The van der Waals surface area contributed by atoms with Crippen LogP contribution in [0.4, 0.5) is 10.1 Å². The highest BCUT2D eigenvalue weighted by molar-refractivity contribution is 9.10. The Kier molecular flexibility index (Phi) is 4.18. The lowest BCUT2D eigenvalue weighted by molar-refractivity contribution is -0.385. The minimum Gasteiger partial charge on any atom is -0.478 e. The minimum atomic E-state index is -1.41. The molecule has 0 aromatic heterocycles. The van der Waals surface area contributed by atoms with Gasteiger partial charge in [-0.05, 0) is 18.2 Å². The van der Waals surface area contributed by atoms with Crippen molar-refractivity contribution in [3.8, 4) is 11.5 Å². The van der Waals surface area contributed by atoms with Gasteiger partial charge >= 0.3 is 11.7 Å². The van der Waals surface area contributed by atoms with E-state index < -0.39 is 22.3 Å². The second kappa shape index (κ2) is 5.88.